The Morgan fingerprint density at radius 1 is 1.42 bits per heavy atom. The van der Waals surface area contributed by atoms with E-state index in [2.05, 4.69) is 24.6 Å². The Kier molecular flexibility index (Phi) is 7.49. The Bertz CT molecular complexity index is 699. The lowest BCUT2D eigenvalue weighted by Crippen LogP contribution is -2.38. The minimum Gasteiger partial charge on any atom is -0.481 e. The highest BCUT2D eigenvalue weighted by Crippen LogP contribution is 2.36. The number of carboxylic acids is 1. The minimum atomic E-state index is -0.837. The number of fused-ring (bicyclic) bond motifs is 1. The molecule has 0 aliphatic carbocycles. The van der Waals surface area contributed by atoms with Crippen LogP contribution in [0.25, 0.3) is 11.6 Å². The highest BCUT2D eigenvalue weighted by Gasteiger charge is 2.40. The third kappa shape index (κ3) is 3.64. The fourth-order valence-corrected chi connectivity index (χ4v) is 3.41. The van der Waals surface area contributed by atoms with Gasteiger partial charge in [-0.05, 0) is 42.5 Å². The fraction of sp³-hybridized carbons (Fsp3) is 0.550. The number of hydrogen-bond acceptors (Lipinski definition) is 2. The molecule has 2 N–H and O–H groups in total. The van der Waals surface area contributed by atoms with Crippen LogP contribution in [0.15, 0.2) is 12.7 Å². The van der Waals surface area contributed by atoms with E-state index in [0.717, 1.165) is 29.5 Å². The first-order valence-electron chi connectivity index (χ1n) is 8.92. The molecule has 4 heteroatoms. The van der Waals surface area contributed by atoms with E-state index < -0.39 is 11.6 Å². The van der Waals surface area contributed by atoms with Gasteiger partial charge in [0.25, 0.3) is 0 Å². The van der Waals surface area contributed by atoms with Gasteiger partial charge in [0.05, 0.1) is 18.7 Å². The zero-order chi connectivity index (χ0) is 18.3. The molecule has 0 bridgehead atoms. The summed E-state index contributed by atoms with van der Waals surface area (Å²) in [6.45, 7) is 14.5. The molecule has 1 unspecified atom stereocenters. The standard InChI is InChI=1S/C18H25NO3.C2H6/c1-5-12(6-2)16-13(7-3)14-9-10-22-18(8-4,11-15(20)21)17(14)19-16;1-2/h5,7,19H,1,6,8-11H2,2-4H3,(H,20,21);1-2H3/b13-7-,16-12-;. The van der Waals surface area contributed by atoms with Crippen LogP contribution in [0.5, 0.6) is 0 Å². The smallest absolute Gasteiger partial charge is 0.306 e. The number of H-pyrrole nitrogens is 1. The maximum Gasteiger partial charge on any atom is 0.306 e. The molecule has 134 valence electrons. The number of ether oxygens (including phenoxy) is 1. The zero-order valence-corrected chi connectivity index (χ0v) is 15.7. The lowest BCUT2D eigenvalue weighted by atomic mass is 9.86. The van der Waals surface area contributed by atoms with Crippen LogP contribution in [-0.2, 0) is 21.6 Å². The summed E-state index contributed by atoms with van der Waals surface area (Å²) in [5, 5.41) is 11.5. The van der Waals surface area contributed by atoms with Crippen molar-refractivity contribution in [1.82, 2.24) is 4.98 Å². The summed E-state index contributed by atoms with van der Waals surface area (Å²) in [6, 6.07) is 0. The van der Waals surface area contributed by atoms with Gasteiger partial charge in [-0.2, -0.15) is 0 Å². The molecular weight excluding hydrogens is 302 g/mol. The normalized spacial score (nSPS) is 21.5. The van der Waals surface area contributed by atoms with Gasteiger partial charge in [-0.1, -0.05) is 46.4 Å². The molecule has 0 fully saturated rings. The summed E-state index contributed by atoms with van der Waals surface area (Å²) in [5.41, 5.74) is 2.51. The molecule has 2 rings (SSSR count). The van der Waals surface area contributed by atoms with Gasteiger partial charge in [0.15, 0.2) is 0 Å². The second kappa shape index (κ2) is 8.88. The van der Waals surface area contributed by atoms with E-state index in [9.17, 15) is 9.90 Å². The SMILES string of the molecule is C=C/C(CC)=c1/[nH]c2c(/c1=C/C)CCOC2(CC)CC(=O)O.CC. The first kappa shape index (κ1) is 20.2. The van der Waals surface area contributed by atoms with E-state index in [1.165, 1.54) is 10.8 Å². The number of nitrogens with one attached hydrogen (secondary N) is 1. The van der Waals surface area contributed by atoms with Crippen LogP contribution in [0.3, 0.4) is 0 Å². The quantitative estimate of drug-likeness (QED) is 0.869. The zero-order valence-electron chi connectivity index (χ0n) is 15.7. The van der Waals surface area contributed by atoms with Crippen molar-refractivity contribution in [2.24, 2.45) is 0 Å². The van der Waals surface area contributed by atoms with Crippen molar-refractivity contribution in [2.75, 3.05) is 6.61 Å². The number of carbonyl (C=O) groups is 1. The molecule has 0 saturated heterocycles. The molecule has 0 radical (unpaired) electrons. The minimum absolute atomic E-state index is 0.0187. The van der Waals surface area contributed by atoms with E-state index >= 15 is 0 Å². The molecule has 1 aromatic rings. The maximum atomic E-state index is 11.3. The van der Waals surface area contributed by atoms with Crippen LogP contribution >= 0.6 is 0 Å². The average molecular weight is 333 g/mol. The first-order valence-corrected chi connectivity index (χ1v) is 8.92. The summed E-state index contributed by atoms with van der Waals surface area (Å²) in [4.78, 5) is 14.8. The van der Waals surface area contributed by atoms with Gasteiger partial charge in [-0.3, -0.25) is 4.79 Å². The van der Waals surface area contributed by atoms with Crippen LogP contribution in [0.1, 0.15) is 65.1 Å². The predicted octanol–water partition coefficient (Wildman–Crippen LogP) is 3.24. The molecular formula is C20H31NO3. The van der Waals surface area contributed by atoms with Gasteiger partial charge in [0.1, 0.15) is 5.60 Å². The molecule has 1 aliphatic rings. The molecule has 0 amide bonds. The summed E-state index contributed by atoms with van der Waals surface area (Å²) in [6.07, 6.45) is 6.26. The number of rotatable bonds is 5. The second-order valence-electron chi connectivity index (χ2n) is 5.66. The monoisotopic (exact) mass is 333 g/mol. The van der Waals surface area contributed by atoms with Crippen molar-refractivity contribution in [2.45, 2.75) is 65.9 Å². The number of allylic oxidation sites excluding steroid dienone is 1. The van der Waals surface area contributed by atoms with Crippen LogP contribution in [-0.4, -0.2) is 22.7 Å². The number of aromatic nitrogens is 1. The van der Waals surface area contributed by atoms with Crippen molar-refractivity contribution < 1.29 is 14.6 Å². The summed E-state index contributed by atoms with van der Waals surface area (Å²) < 4.78 is 5.95. The van der Waals surface area contributed by atoms with Crippen molar-refractivity contribution in [1.29, 1.82) is 0 Å². The lowest BCUT2D eigenvalue weighted by molar-refractivity contribution is -0.148. The molecule has 24 heavy (non-hydrogen) atoms. The number of carboxylic acid groups (broad SMARTS) is 1. The highest BCUT2D eigenvalue weighted by molar-refractivity contribution is 5.69. The van der Waals surface area contributed by atoms with Crippen LogP contribution in [0, 0.1) is 0 Å². The van der Waals surface area contributed by atoms with Gasteiger partial charge in [0, 0.05) is 5.35 Å². The van der Waals surface area contributed by atoms with E-state index in [4.69, 9.17) is 4.74 Å². The van der Waals surface area contributed by atoms with Crippen molar-refractivity contribution in [3.63, 3.8) is 0 Å². The van der Waals surface area contributed by atoms with Gasteiger partial charge >= 0.3 is 5.97 Å². The van der Waals surface area contributed by atoms with Gasteiger partial charge in [0.2, 0.25) is 0 Å². The van der Waals surface area contributed by atoms with Gasteiger partial charge in [-0.15, -0.1) is 0 Å². The lowest BCUT2D eigenvalue weighted by Gasteiger charge is -2.35. The third-order valence-corrected chi connectivity index (χ3v) is 4.58. The topological polar surface area (TPSA) is 62.3 Å². The Morgan fingerprint density at radius 2 is 2.08 bits per heavy atom. The van der Waals surface area contributed by atoms with Crippen molar-refractivity contribution >= 4 is 17.6 Å². The van der Waals surface area contributed by atoms with Crippen molar-refractivity contribution in [3.05, 3.63) is 34.5 Å². The van der Waals surface area contributed by atoms with Crippen molar-refractivity contribution in [3.8, 4) is 0 Å². The molecule has 1 atom stereocenters. The number of aromatic amines is 1. The molecule has 0 aromatic carbocycles. The van der Waals surface area contributed by atoms with E-state index in [0.29, 0.717) is 13.0 Å². The molecule has 1 aliphatic heterocycles. The van der Waals surface area contributed by atoms with E-state index in [1.54, 1.807) is 0 Å². The highest BCUT2D eigenvalue weighted by atomic mass is 16.5. The fourth-order valence-electron chi connectivity index (χ4n) is 3.41. The largest absolute Gasteiger partial charge is 0.481 e. The number of hydrogen-bond donors (Lipinski definition) is 2. The van der Waals surface area contributed by atoms with E-state index in [1.807, 2.05) is 33.8 Å². The van der Waals surface area contributed by atoms with Crippen LogP contribution in [0.4, 0.5) is 0 Å². The molecule has 2 heterocycles. The average Bonchev–Trinajstić information content (AvgIpc) is 2.97. The van der Waals surface area contributed by atoms with Crippen LogP contribution in [0.2, 0.25) is 0 Å². The number of aliphatic carboxylic acids is 1. The maximum absolute atomic E-state index is 11.3. The second-order valence-corrected chi connectivity index (χ2v) is 5.66. The van der Waals surface area contributed by atoms with Crippen LogP contribution < -0.4 is 10.6 Å². The predicted molar refractivity (Wildman–Crippen MR) is 99.3 cm³/mol. The molecule has 0 spiro atoms. The summed E-state index contributed by atoms with van der Waals surface area (Å²) in [7, 11) is 0. The van der Waals surface area contributed by atoms with Gasteiger partial charge in [-0.25, -0.2) is 0 Å². The first-order chi connectivity index (χ1) is 11.5. The Labute approximate surface area is 144 Å². The molecule has 0 saturated carbocycles. The molecule has 1 aromatic heterocycles. The van der Waals surface area contributed by atoms with E-state index in [-0.39, 0.29) is 6.42 Å². The Balaban J connectivity index is 0.00000139. The molecule has 4 nitrogen and oxygen atoms in total. The summed E-state index contributed by atoms with van der Waals surface area (Å²) >= 11 is 0. The Morgan fingerprint density at radius 3 is 2.54 bits per heavy atom. The van der Waals surface area contributed by atoms with Gasteiger partial charge < -0.3 is 14.8 Å². The Hall–Kier alpha value is -1.81. The third-order valence-electron chi connectivity index (χ3n) is 4.58. The summed E-state index contributed by atoms with van der Waals surface area (Å²) in [5.74, 6) is -0.837.